The van der Waals surface area contributed by atoms with Gasteiger partial charge in [-0.15, -0.1) is 13.7 Å². The molecule has 184 valence electrons. The van der Waals surface area contributed by atoms with Crippen LogP contribution < -0.4 is 14.2 Å². The molecule has 3 aliphatic rings. The van der Waals surface area contributed by atoms with Gasteiger partial charge >= 0.3 is 6.01 Å². The Bertz CT molecular complexity index is 816. The molecule has 1 unspecified atom stereocenters. The Balaban J connectivity index is 0.967. The number of piperidine rings is 3. The van der Waals surface area contributed by atoms with Gasteiger partial charge in [0.15, 0.2) is 0 Å². The van der Waals surface area contributed by atoms with E-state index in [-0.39, 0.29) is 0 Å². The predicted octanol–water partition coefficient (Wildman–Crippen LogP) is 1.71. The Morgan fingerprint density at radius 1 is 0.848 bits per heavy atom. The van der Waals surface area contributed by atoms with Crippen LogP contribution in [0.1, 0.15) is 24.5 Å². The van der Waals surface area contributed by atoms with Crippen LogP contribution in [-0.2, 0) is 14.2 Å². The van der Waals surface area contributed by atoms with Crippen molar-refractivity contribution < 1.29 is 28.4 Å². The van der Waals surface area contributed by atoms with E-state index >= 15 is 0 Å². The Hall–Kier alpha value is -1.64. The minimum absolute atomic E-state index is 0.312. The van der Waals surface area contributed by atoms with Crippen molar-refractivity contribution in [3.05, 3.63) is 5.69 Å². The zero-order valence-electron chi connectivity index (χ0n) is 18.8. The summed E-state index contributed by atoms with van der Waals surface area (Å²) in [6.07, 6.45) is 2.51. The number of hydrogen-bond acceptors (Lipinski definition) is 13. The van der Waals surface area contributed by atoms with Gasteiger partial charge < -0.3 is 33.3 Å². The van der Waals surface area contributed by atoms with Gasteiger partial charge in [-0.2, -0.15) is 4.37 Å². The second-order valence-electron chi connectivity index (χ2n) is 7.78. The average Bonchev–Trinajstić information content (AvgIpc) is 3.52. The van der Waals surface area contributed by atoms with Gasteiger partial charge in [-0.05, 0) is 31.8 Å². The minimum atomic E-state index is 0.312. The minimum Gasteiger partial charge on any atom is -0.473 e. The van der Waals surface area contributed by atoms with Gasteiger partial charge in [0.2, 0.25) is 5.88 Å². The predicted molar refractivity (Wildman–Crippen MR) is 122 cm³/mol. The van der Waals surface area contributed by atoms with Crippen molar-refractivity contribution in [2.45, 2.75) is 18.8 Å². The third-order valence-corrected chi connectivity index (χ3v) is 6.86. The Kier molecular flexibility index (Phi) is 9.87. The van der Waals surface area contributed by atoms with E-state index in [1.807, 2.05) is 0 Å². The Labute approximate surface area is 201 Å². The molecule has 11 nitrogen and oxygen atoms in total. The van der Waals surface area contributed by atoms with Crippen LogP contribution in [0.25, 0.3) is 0 Å². The van der Waals surface area contributed by atoms with Gasteiger partial charge in [-0.25, -0.2) is 0 Å². The molecule has 0 aliphatic carbocycles. The third kappa shape index (κ3) is 7.42. The lowest BCUT2D eigenvalue weighted by Crippen LogP contribution is -2.46. The number of methoxy groups -OCH3 is 1. The molecule has 33 heavy (non-hydrogen) atoms. The molecule has 0 saturated carbocycles. The van der Waals surface area contributed by atoms with Crippen molar-refractivity contribution in [3.8, 4) is 17.1 Å². The lowest BCUT2D eigenvalue weighted by atomic mass is 9.77. The molecule has 5 rings (SSSR count). The van der Waals surface area contributed by atoms with Gasteiger partial charge in [0.05, 0.1) is 58.5 Å². The first-order valence-electron chi connectivity index (χ1n) is 11.2. The van der Waals surface area contributed by atoms with Gasteiger partial charge in [0.25, 0.3) is 5.19 Å². The van der Waals surface area contributed by atoms with Crippen LogP contribution in [0.5, 0.6) is 17.1 Å². The van der Waals surface area contributed by atoms with Gasteiger partial charge in [-0.1, -0.05) is 0 Å². The van der Waals surface area contributed by atoms with E-state index in [0.29, 0.717) is 81.8 Å². The second-order valence-corrected chi connectivity index (χ2v) is 9.02. The maximum absolute atomic E-state index is 5.87. The fraction of sp³-hybridized carbons (Fsp3) is 0.800. The fourth-order valence-electron chi connectivity index (χ4n) is 4.05. The highest BCUT2D eigenvalue weighted by atomic mass is 32.1. The SMILES string of the molecule is COc1nsc(OCCOCCOCCOCCOc2nsnc2C2CN3CCC2CC3)n1. The molecule has 3 aliphatic heterocycles. The van der Waals surface area contributed by atoms with Crippen molar-refractivity contribution in [2.24, 2.45) is 5.92 Å². The summed E-state index contributed by atoms with van der Waals surface area (Å²) in [7, 11) is 1.52. The summed E-state index contributed by atoms with van der Waals surface area (Å²) in [5, 5.41) is 0.467. The first kappa shape index (κ1) is 24.5. The van der Waals surface area contributed by atoms with Gasteiger partial charge in [-0.3, -0.25) is 0 Å². The summed E-state index contributed by atoms with van der Waals surface area (Å²) >= 11 is 2.38. The number of hydrogen-bond donors (Lipinski definition) is 0. The summed E-state index contributed by atoms with van der Waals surface area (Å²) in [6, 6.07) is 0.312. The maximum atomic E-state index is 5.87. The topological polar surface area (TPSA) is 110 Å². The van der Waals surface area contributed by atoms with Crippen LogP contribution in [0.2, 0.25) is 0 Å². The monoisotopic (exact) mass is 501 g/mol. The van der Waals surface area contributed by atoms with Crippen LogP contribution >= 0.6 is 23.3 Å². The Morgan fingerprint density at radius 3 is 2.12 bits per heavy atom. The van der Waals surface area contributed by atoms with Crippen molar-refractivity contribution in [1.82, 2.24) is 23.0 Å². The van der Waals surface area contributed by atoms with Gasteiger partial charge in [0, 0.05) is 24.0 Å². The number of aromatic nitrogens is 4. The zero-order chi connectivity index (χ0) is 22.7. The summed E-state index contributed by atoms with van der Waals surface area (Å²) < 4.78 is 45.6. The second kappa shape index (κ2) is 13.3. The first-order valence-corrected chi connectivity index (χ1v) is 12.7. The maximum Gasteiger partial charge on any atom is 0.331 e. The third-order valence-electron chi connectivity index (χ3n) is 5.72. The fourth-order valence-corrected chi connectivity index (χ4v) is 5.14. The summed E-state index contributed by atoms with van der Waals surface area (Å²) in [4.78, 5) is 6.54. The smallest absolute Gasteiger partial charge is 0.331 e. The number of ether oxygens (including phenoxy) is 6. The van der Waals surface area contributed by atoms with Crippen molar-refractivity contribution in [1.29, 1.82) is 0 Å². The van der Waals surface area contributed by atoms with Crippen molar-refractivity contribution >= 4 is 23.3 Å². The molecule has 1 atom stereocenters. The van der Waals surface area contributed by atoms with Crippen LogP contribution in [0, 0.1) is 5.92 Å². The van der Waals surface area contributed by atoms with Crippen LogP contribution in [0.15, 0.2) is 0 Å². The van der Waals surface area contributed by atoms with E-state index in [2.05, 4.69) is 23.0 Å². The molecule has 0 amide bonds. The normalized spacial score (nSPS) is 21.9. The molecule has 0 aromatic carbocycles. The van der Waals surface area contributed by atoms with E-state index in [9.17, 15) is 0 Å². The van der Waals surface area contributed by atoms with E-state index < -0.39 is 0 Å². The lowest BCUT2D eigenvalue weighted by molar-refractivity contribution is 0.00463. The number of nitrogens with zero attached hydrogens (tertiary/aromatic N) is 5. The molecule has 13 heteroatoms. The zero-order valence-corrected chi connectivity index (χ0v) is 20.5. The van der Waals surface area contributed by atoms with E-state index in [4.69, 9.17) is 28.4 Å². The van der Waals surface area contributed by atoms with Crippen molar-refractivity contribution in [2.75, 3.05) is 79.6 Å². The molecule has 0 spiro atoms. The van der Waals surface area contributed by atoms with Crippen LogP contribution in [-0.4, -0.2) is 103 Å². The van der Waals surface area contributed by atoms with Crippen molar-refractivity contribution in [3.63, 3.8) is 0 Å². The molecule has 2 bridgehead atoms. The molecular formula is C20H31N5O6S2. The van der Waals surface area contributed by atoms with E-state index in [0.717, 1.165) is 23.8 Å². The molecule has 3 saturated heterocycles. The quantitative estimate of drug-likeness (QED) is 0.314. The highest BCUT2D eigenvalue weighted by molar-refractivity contribution is 7.07. The average molecular weight is 502 g/mol. The number of fused-ring (bicyclic) bond motifs is 3. The molecular weight excluding hydrogens is 470 g/mol. The largest absolute Gasteiger partial charge is 0.473 e. The van der Waals surface area contributed by atoms with E-state index in [1.54, 1.807) is 0 Å². The first-order chi connectivity index (χ1) is 16.3. The molecule has 5 heterocycles. The number of rotatable bonds is 16. The summed E-state index contributed by atoms with van der Waals surface area (Å²) in [6.45, 7) is 7.32. The standard InChI is InChI=1S/C20H31N5O6S2/c1-26-19-21-20(32-24-19)31-13-11-29-9-7-27-6-8-28-10-12-30-18-17(22-33-23-18)16-14-25-4-2-15(16)3-5-25/h15-16H,2-14H2,1H3. The molecule has 2 aromatic heterocycles. The summed E-state index contributed by atoms with van der Waals surface area (Å²) in [5.41, 5.74) is 1.03. The highest BCUT2D eigenvalue weighted by Crippen LogP contribution is 2.41. The molecule has 0 N–H and O–H groups in total. The lowest BCUT2D eigenvalue weighted by Gasteiger charge is -2.44. The molecule has 0 radical (unpaired) electrons. The van der Waals surface area contributed by atoms with Gasteiger partial charge in [0.1, 0.15) is 18.9 Å². The summed E-state index contributed by atoms with van der Waals surface area (Å²) in [5.74, 6) is 1.85. The molecule has 2 aromatic rings. The van der Waals surface area contributed by atoms with E-state index in [1.165, 1.54) is 44.8 Å². The molecule has 3 fully saturated rings. The van der Waals surface area contributed by atoms with Crippen LogP contribution in [0.3, 0.4) is 0 Å². The van der Waals surface area contributed by atoms with Crippen LogP contribution in [0.4, 0.5) is 0 Å². The highest BCUT2D eigenvalue weighted by Gasteiger charge is 2.38. The Morgan fingerprint density at radius 2 is 1.52 bits per heavy atom.